The molecule has 1 fully saturated rings. The average Bonchev–Trinajstić information content (AvgIpc) is 3.55. The molecule has 0 unspecified atom stereocenters. The summed E-state index contributed by atoms with van der Waals surface area (Å²) in [6, 6.07) is 12.6. The molecule has 7 heteroatoms. The maximum absolute atomic E-state index is 14.1. The molecule has 0 spiro atoms. The average molecular weight is 508 g/mol. The van der Waals surface area contributed by atoms with E-state index in [1.54, 1.807) is 12.1 Å². The first-order chi connectivity index (χ1) is 17.8. The minimum Gasteiger partial charge on any atom is -0.347 e. The van der Waals surface area contributed by atoms with Crippen molar-refractivity contribution in [2.24, 2.45) is 9.98 Å². The number of benzene rings is 2. The van der Waals surface area contributed by atoms with Crippen LogP contribution >= 0.6 is 0 Å². The van der Waals surface area contributed by atoms with E-state index in [4.69, 9.17) is 0 Å². The molecule has 0 radical (unpaired) electrons. The van der Waals surface area contributed by atoms with E-state index in [0.717, 1.165) is 55.0 Å². The van der Waals surface area contributed by atoms with E-state index >= 15 is 0 Å². The first-order valence-corrected chi connectivity index (χ1v) is 13.3. The van der Waals surface area contributed by atoms with Gasteiger partial charge in [0.25, 0.3) is 0 Å². The number of carbonyl (C=O) groups excluding carboxylic acids is 1. The Labute approximate surface area is 215 Å². The quantitative estimate of drug-likeness (QED) is 0.308. The highest BCUT2D eigenvalue weighted by atomic mass is 19.4. The summed E-state index contributed by atoms with van der Waals surface area (Å²) in [5, 5.41) is 0.970. The molecular weight excluding hydrogens is 475 g/mol. The smallest absolute Gasteiger partial charge is 0.347 e. The molecule has 0 bridgehead atoms. The van der Waals surface area contributed by atoms with Gasteiger partial charge in [0.2, 0.25) is 0 Å². The molecule has 37 heavy (non-hydrogen) atoms. The summed E-state index contributed by atoms with van der Waals surface area (Å²) in [5.74, 6) is 0.753. The Hall–Kier alpha value is -3.22. The van der Waals surface area contributed by atoms with Gasteiger partial charge in [-0.2, -0.15) is 13.2 Å². The van der Waals surface area contributed by atoms with Gasteiger partial charge < -0.3 is 4.57 Å². The minimum absolute atomic E-state index is 0.0318. The van der Waals surface area contributed by atoms with Gasteiger partial charge in [-0.05, 0) is 54.5 Å². The Bertz CT molecular complexity index is 1360. The number of amidine groups is 1. The Morgan fingerprint density at radius 2 is 1.86 bits per heavy atom. The number of hydrogen-bond donors (Lipinski definition) is 0. The molecule has 0 atom stereocenters. The summed E-state index contributed by atoms with van der Waals surface area (Å²) >= 11 is 0. The van der Waals surface area contributed by atoms with Crippen LogP contribution in [0, 0.1) is 0 Å². The number of aliphatic imine (C=N–C) groups is 2. The molecule has 0 saturated heterocycles. The minimum atomic E-state index is -4.40. The fourth-order valence-electron chi connectivity index (χ4n) is 5.66. The zero-order valence-electron chi connectivity index (χ0n) is 21.2. The van der Waals surface area contributed by atoms with Crippen LogP contribution in [0.1, 0.15) is 86.5 Å². The van der Waals surface area contributed by atoms with Crippen LogP contribution in [0.25, 0.3) is 10.9 Å². The third-order valence-electron chi connectivity index (χ3n) is 7.57. The first-order valence-electron chi connectivity index (χ1n) is 13.3. The van der Waals surface area contributed by atoms with Crippen molar-refractivity contribution in [1.82, 2.24) is 4.57 Å². The molecule has 1 aliphatic carbocycles. The van der Waals surface area contributed by atoms with Crippen LogP contribution in [0.5, 0.6) is 0 Å². The molecule has 3 aromatic rings. The third-order valence-corrected chi connectivity index (χ3v) is 7.57. The predicted octanol–water partition coefficient (Wildman–Crippen LogP) is 7.72. The molecule has 2 aromatic carbocycles. The Balaban J connectivity index is 1.41. The lowest BCUT2D eigenvalue weighted by atomic mass is 9.81. The zero-order chi connectivity index (χ0) is 26.0. The van der Waals surface area contributed by atoms with Crippen molar-refractivity contribution in [2.45, 2.75) is 76.9 Å². The number of hydrogen-bond acceptors (Lipinski definition) is 3. The fourth-order valence-corrected chi connectivity index (χ4v) is 5.66. The molecule has 0 N–H and O–H groups in total. The fraction of sp³-hybridized carbons (Fsp3) is 0.433. The van der Waals surface area contributed by atoms with E-state index in [1.807, 2.05) is 37.4 Å². The van der Waals surface area contributed by atoms with Gasteiger partial charge in [-0.1, -0.05) is 50.5 Å². The summed E-state index contributed by atoms with van der Waals surface area (Å²) < 4.78 is 44.2. The number of nitrogens with zero attached hydrogens (tertiary/aromatic N) is 3. The van der Waals surface area contributed by atoms with Crippen molar-refractivity contribution < 1.29 is 18.0 Å². The summed E-state index contributed by atoms with van der Waals surface area (Å²) in [4.78, 5) is 21.3. The molecule has 5 rings (SSSR count). The zero-order valence-corrected chi connectivity index (χ0v) is 21.2. The lowest BCUT2D eigenvalue weighted by Gasteiger charge is -2.25. The molecule has 0 amide bonds. The van der Waals surface area contributed by atoms with Crippen molar-refractivity contribution in [3.63, 3.8) is 0 Å². The van der Waals surface area contributed by atoms with Crippen LogP contribution < -0.4 is 0 Å². The van der Waals surface area contributed by atoms with Crippen molar-refractivity contribution in [2.75, 3.05) is 6.54 Å². The summed E-state index contributed by atoms with van der Waals surface area (Å²) in [6.45, 7) is 2.86. The number of carbonyl (C=O) groups is 1. The highest BCUT2D eigenvalue weighted by Crippen LogP contribution is 2.41. The number of ketones is 1. The van der Waals surface area contributed by atoms with Gasteiger partial charge in [0.1, 0.15) is 5.78 Å². The van der Waals surface area contributed by atoms with Crippen LogP contribution in [0.2, 0.25) is 0 Å². The lowest BCUT2D eigenvalue weighted by Crippen LogP contribution is -2.16. The summed E-state index contributed by atoms with van der Waals surface area (Å²) in [5.41, 5.74) is 2.75. The number of aromatic nitrogens is 1. The highest BCUT2D eigenvalue weighted by molar-refractivity contribution is 6.20. The maximum Gasteiger partial charge on any atom is 0.416 e. The Kier molecular flexibility index (Phi) is 7.31. The Morgan fingerprint density at radius 1 is 1.05 bits per heavy atom. The van der Waals surface area contributed by atoms with Gasteiger partial charge in [-0.3, -0.25) is 9.79 Å². The number of alkyl halides is 3. The maximum atomic E-state index is 14.1. The van der Waals surface area contributed by atoms with E-state index in [2.05, 4.69) is 14.6 Å². The van der Waals surface area contributed by atoms with Crippen molar-refractivity contribution in [1.29, 1.82) is 0 Å². The van der Waals surface area contributed by atoms with Crippen LogP contribution in [-0.4, -0.2) is 28.4 Å². The second-order valence-corrected chi connectivity index (χ2v) is 10.1. The number of aryl methyl sites for hydroxylation is 1. The molecule has 2 aliphatic rings. The first kappa shape index (κ1) is 25.4. The van der Waals surface area contributed by atoms with Crippen molar-refractivity contribution >= 4 is 28.2 Å². The highest BCUT2D eigenvalue weighted by Gasteiger charge is 2.36. The lowest BCUT2D eigenvalue weighted by molar-refractivity contribution is -0.138. The number of rotatable bonds is 8. The summed E-state index contributed by atoms with van der Waals surface area (Å²) in [6.07, 6.45) is 4.18. The monoisotopic (exact) mass is 507 g/mol. The SMILES string of the molecule is CCCC(=O)CCn1ccc2c(C3=NCC(c4ccc(C5CCCCC5)c(C(F)(F)F)c4)=N3)cccc21. The number of halogens is 3. The van der Waals surface area contributed by atoms with Gasteiger partial charge in [-0.25, -0.2) is 4.99 Å². The summed E-state index contributed by atoms with van der Waals surface area (Å²) in [7, 11) is 0. The normalized spacial score (nSPS) is 16.8. The van der Waals surface area contributed by atoms with Gasteiger partial charge in [0.05, 0.1) is 17.8 Å². The largest absolute Gasteiger partial charge is 0.416 e. The molecule has 1 aliphatic heterocycles. The van der Waals surface area contributed by atoms with Gasteiger partial charge in [-0.15, -0.1) is 0 Å². The standard InChI is InChI=1S/C30H32F3N3O/c1-2-7-22(37)14-16-36-17-15-24-25(10-6-11-28(24)36)29-34-19-27(35-29)21-12-13-23(20-8-4-3-5-9-20)26(18-21)30(31,32)33/h6,10-13,15,17-18,20H,2-5,7-9,14,16,19H2,1H3. The van der Waals surface area contributed by atoms with Crippen molar-refractivity contribution in [3.05, 3.63) is 70.9 Å². The van der Waals surface area contributed by atoms with Crippen LogP contribution in [0.3, 0.4) is 0 Å². The second-order valence-electron chi connectivity index (χ2n) is 10.1. The van der Waals surface area contributed by atoms with Gasteiger partial charge in [0, 0.05) is 42.0 Å². The number of Topliss-reactive ketones (excluding diaryl/α,β-unsaturated/α-hetero) is 1. The van der Waals surface area contributed by atoms with Crippen LogP contribution in [-0.2, 0) is 17.5 Å². The van der Waals surface area contributed by atoms with E-state index in [1.165, 1.54) is 6.07 Å². The van der Waals surface area contributed by atoms with E-state index in [-0.39, 0.29) is 18.2 Å². The van der Waals surface area contributed by atoms with Crippen LogP contribution in [0.4, 0.5) is 13.2 Å². The molecular formula is C30H32F3N3O. The van der Waals surface area contributed by atoms with E-state index in [9.17, 15) is 18.0 Å². The van der Waals surface area contributed by atoms with Crippen molar-refractivity contribution in [3.8, 4) is 0 Å². The second kappa shape index (κ2) is 10.6. The molecule has 1 saturated carbocycles. The third kappa shape index (κ3) is 5.41. The topological polar surface area (TPSA) is 46.7 Å². The van der Waals surface area contributed by atoms with Gasteiger partial charge >= 0.3 is 6.18 Å². The molecule has 1 aromatic heterocycles. The predicted molar refractivity (Wildman–Crippen MR) is 142 cm³/mol. The Morgan fingerprint density at radius 3 is 2.62 bits per heavy atom. The molecule has 4 nitrogen and oxygen atoms in total. The number of fused-ring (bicyclic) bond motifs is 1. The van der Waals surface area contributed by atoms with E-state index in [0.29, 0.717) is 42.1 Å². The molecule has 194 valence electrons. The van der Waals surface area contributed by atoms with E-state index < -0.39 is 11.7 Å². The van der Waals surface area contributed by atoms with Gasteiger partial charge in [0.15, 0.2) is 5.84 Å². The van der Waals surface area contributed by atoms with Crippen LogP contribution in [0.15, 0.2) is 58.6 Å². The molecule has 2 heterocycles.